The highest BCUT2D eigenvalue weighted by atomic mass is 16.6. The van der Waals surface area contributed by atoms with Crippen LogP contribution in [0.25, 0.3) is 11.1 Å². The van der Waals surface area contributed by atoms with Crippen LogP contribution >= 0.6 is 0 Å². The largest absolute Gasteiger partial charge is 0.463 e. The number of fused-ring (bicyclic) bond motifs is 2. The van der Waals surface area contributed by atoms with E-state index in [0.29, 0.717) is 95.5 Å². The fourth-order valence-corrected chi connectivity index (χ4v) is 8.91. The maximum atomic E-state index is 14.3. The SMILES string of the molecule is Cc1cc(C[C@@H](OC(=O)N2CCC(N3CCc4ccccc4NC3=O)CC2)C(=O)N2CCN(C3CCN(CC(=O)OCCN(C)C)CC3)CC2)cc2oc(=O)n(C)c12. The number of benzene rings is 2. The van der Waals surface area contributed by atoms with Gasteiger partial charge in [0.25, 0.3) is 5.91 Å². The van der Waals surface area contributed by atoms with Gasteiger partial charge in [-0.2, -0.15) is 0 Å². The predicted molar refractivity (Wildman–Crippen MR) is 218 cm³/mol. The van der Waals surface area contributed by atoms with Gasteiger partial charge in [0.05, 0.1) is 12.1 Å². The minimum atomic E-state index is -1.08. The van der Waals surface area contributed by atoms with Crippen LogP contribution in [0.4, 0.5) is 15.3 Å². The van der Waals surface area contributed by atoms with Crippen LogP contribution in [0.15, 0.2) is 45.6 Å². The van der Waals surface area contributed by atoms with Gasteiger partial charge in [0.15, 0.2) is 11.7 Å². The number of esters is 1. The first-order valence-electron chi connectivity index (χ1n) is 20.7. The van der Waals surface area contributed by atoms with E-state index in [1.54, 1.807) is 22.9 Å². The maximum absolute atomic E-state index is 14.3. The molecule has 58 heavy (non-hydrogen) atoms. The molecule has 0 saturated carbocycles. The highest BCUT2D eigenvalue weighted by Crippen LogP contribution is 2.27. The number of likely N-dealkylation sites (tertiary alicyclic amines) is 2. The summed E-state index contributed by atoms with van der Waals surface area (Å²) in [4.78, 5) is 77.9. The summed E-state index contributed by atoms with van der Waals surface area (Å²) >= 11 is 0. The van der Waals surface area contributed by atoms with Crippen LogP contribution in [0.5, 0.6) is 0 Å². The average Bonchev–Trinajstić information content (AvgIpc) is 3.39. The van der Waals surface area contributed by atoms with E-state index in [0.717, 1.165) is 54.7 Å². The molecule has 0 bridgehead atoms. The van der Waals surface area contributed by atoms with Crippen molar-refractivity contribution in [2.45, 2.75) is 63.6 Å². The number of rotatable bonds is 11. The highest BCUT2D eigenvalue weighted by Gasteiger charge is 2.37. The molecule has 1 N–H and O–H groups in total. The molecule has 4 amide bonds. The number of urea groups is 1. The summed E-state index contributed by atoms with van der Waals surface area (Å²) in [6.45, 7) is 8.71. The molecule has 3 aromatic rings. The summed E-state index contributed by atoms with van der Waals surface area (Å²) in [6, 6.07) is 11.7. The van der Waals surface area contributed by atoms with E-state index in [1.807, 2.05) is 61.2 Å². The Balaban J connectivity index is 0.958. The van der Waals surface area contributed by atoms with Gasteiger partial charge in [-0.05, 0) is 81.9 Å². The number of piperidine rings is 2. The Bertz CT molecular complexity index is 2010. The Morgan fingerprint density at radius 2 is 1.60 bits per heavy atom. The molecule has 0 unspecified atom stereocenters. The van der Waals surface area contributed by atoms with Gasteiger partial charge >= 0.3 is 23.8 Å². The molecule has 3 fully saturated rings. The number of aryl methyl sites for hydroxylation is 2. The molecule has 2 aromatic carbocycles. The predicted octanol–water partition coefficient (Wildman–Crippen LogP) is 2.76. The minimum Gasteiger partial charge on any atom is -0.463 e. The fraction of sp³-hybridized carbons (Fsp3) is 0.595. The smallest absolute Gasteiger partial charge is 0.419 e. The average molecular weight is 803 g/mol. The number of oxazole rings is 1. The van der Waals surface area contributed by atoms with Crippen LogP contribution in [0, 0.1) is 6.92 Å². The summed E-state index contributed by atoms with van der Waals surface area (Å²) in [7, 11) is 5.55. The number of nitrogens with zero attached hydrogens (tertiary/aromatic N) is 7. The Morgan fingerprint density at radius 1 is 0.897 bits per heavy atom. The number of amides is 4. The summed E-state index contributed by atoms with van der Waals surface area (Å²) in [5, 5.41) is 3.05. The standard InChI is InChI=1S/C42H58N8O8/c1-29-25-30(26-35-38(29)45(4)41(54)57-35)27-36(58-42(55)49-16-12-33(13-17-49)50-18-9-31-7-5-6-8-34(31)43-40(50)53)39(52)48-21-19-47(20-22-48)32-10-14-46(15-11-32)28-37(51)56-24-23-44(2)3/h5-8,25-26,32-33,36H,9-24,27-28H2,1-4H3,(H,43,53)/t36-/m1/s1. The minimum absolute atomic E-state index is 0.0239. The van der Waals surface area contributed by atoms with E-state index in [1.165, 1.54) is 4.57 Å². The van der Waals surface area contributed by atoms with Gasteiger partial charge in [0.2, 0.25) is 0 Å². The second kappa shape index (κ2) is 18.3. The zero-order chi connectivity index (χ0) is 40.9. The lowest BCUT2D eigenvalue weighted by Gasteiger charge is -2.43. The zero-order valence-electron chi connectivity index (χ0n) is 34.3. The Labute approximate surface area is 339 Å². The lowest BCUT2D eigenvalue weighted by Crippen LogP contribution is -2.57. The lowest BCUT2D eigenvalue weighted by molar-refractivity contribution is -0.145. The third-order valence-electron chi connectivity index (χ3n) is 12.2. The lowest BCUT2D eigenvalue weighted by atomic mass is 10.0. The van der Waals surface area contributed by atoms with Crippen molar-refractivity contribution >= 4 is 40.8 Å². The van der Waals surface area contributed by atoms with Gasteiger partial charge in [0, 0.05) is 96.7 Å². The van der Waals surface area contributed by atoms with Crippen molar-refractivity contribution in [1.82, 2.24) is 34.0 Å². The van der Waals surface area contributed by atoms with Gasteiger partial charge in [-0.3, -0.25) is 24.0 Å². The topological polar surface area (TPSA) is 153 Å². The van der Waals surface area contributed by atoms with Crippen LogP contribution in [-0.4, -0.2) is 169 Å². The second-order valence-electron chi connectivity index (χ2n) is 16.4. The summed E-state index contributed by atoms with van der Waals surface area (Å²) in [6.07, 6.45) is 2.31. The van der Waals surface area contributed by atoms with Crippen molar-refractivity contribution in [3.8, 4) is 0 Å². The third-order valence-corrected chi connectivity index (χ3v) is 12.2. The van der Waals surface area contributed by atoms with Gasteiger partial charge < -0.3 is 38.8 Å². The Kier molecular flexibility index (Phi) is 13.0. The Hall–Kier alpha value is -4.93. The number of aromatic nitrogens is 1. The molecule has 7 rings (SSSR count). The molecule has 4 aliphatic heterocycles. The summed E-state index contributed by atoms with van der Waals surface area (Å²) in [5.41, 5.74) is 4.59. The molecule has 16 heteroatoms. The molecule has 4 aliphatic rings. The molecule has 0 aliphatic carbocycles. The van der Waals surface area contributed by atoms with Crippen molar-refractivity contribution in [2.75, 3.05) is 98.0 Å². The first-order valence-corrected chi connectivity index (χ1v) is 20.7. The summed E-state index contributed by atoms with van der Waals surface area (Å²) in [5.74, 6) is -0.913. The molecule has 5 heterocycles. The van der Waals surface area contributed by atoms with Gasteiger partial charge in [-0.15, -0.1) is 0 Å². The van der Waals surface area contributed by atoms with E-state index >= 15 is 0 Å². The third kappa shape index (κ3) is 9.67. The van der Waals surface area contributed by atoms with Crippen LogP contribution in [0.1, 0.15) is 42.4 Å². The first-order chi connectivity index (χ1) is 27.9. The monoisotopic (exact) mass is 802 g/mol. The van der Waals surface area contributed by atoms with E-state index in [4.69, 9.17) is 13.9 Å². The number of ether oxygens (including phenoxy) is 2. The number of hydrogen-bond acceptors (Lipinski definition) is 11. The molecular weight excluding hydrogens is 745 g/mol. The molecule has 1 aromatic heterocycles. The van der Waals surface area contributed by atoms with Gasteiger partial charge in [0.1, 0.15) is 6.61 Å². The molecule has 3 saturated heterocycles. The van der Waals surface area contributed by atoms with E-state index in [2.05, 4.69) is 15.1 Å². The van der Waals surface area contributed by atoms with Crippen LogP contribution in [0.3, 0.4) is 0 Å². The number of para-hydroxylation sites is 1. The van der Waals surface area contributed by atoms with E-state index < -0.39 is 18.0 Å². The number of likely N-dealkylation sites (N-methyl/N-ethyl adjacent to an activating group) is 1. The molecule has 0 spiro atoms. The second-order valence-corrected chi connectivity index (χ2v) is 16.4. The number of hydrogen-bond donors (Lipinski definition) is 1. The number of carbonyl (C=O) groups excluding carboxylic acids is 4. The summed E-state index contributed by atoms with van der Waals surface area (Å²) < 4.78 is 18.5. The molecule has 314 valence electrons. The van der Waals surface area contributed by atoms with Crippen molar-refractivity contribution in [1.29, 1.82) is 0 Å². The normalized spacial score (nSPS) is 19.5. The van der Waals surface area contributed by atoms with Crippen LogP contribution in [0.2, 0.25) is 0 Å². The van der Waals surface area contributed by atoms with Gasteiger partial charge in [-0.25, -0.2) is 14.4 Å². The quantitative estimate of drug-likeness (QED) is 0.285. The fourth-order valence-electron chi connectivity index (χ4n) is 8.91. The zero-order valence-corrected chi connectivity index (χ0v) is 34.3. The number of carbonyl (C=O) groups is 4. The van der Waals surface area contributed by atoms with Gasteiger partial charge in [-0.1, -0.05) is 24.3 Å². The highest BCUT2D eigenvalue weighted by molar-refractivity contribution is 5.91. The van der Waals surface area contributed by atoms with Crippen molar-refractivity contribution in [3.05, 3.63) is 63.6 Å². The molecular formula is C42H58N8O8. The van der Waals surface area contributed by atoms with Crippen LogP contribution < -0.4 is 11.1 Å². The van der Waals surface area contributed by atoms with E-state index in [-0.39, 0.29) is 30.4 Å². The van der Waals surface area contributed by atoms with Crippen molar-refractivity contribution in [2.24, 2.45) is 7.05 Å². The van der Waals surface area contributed by atoms with Crippen molar-refractivity contribution in [3.63, 3.8) is 0 Å². The first kappa shape index (κ1) is 41.2. The van der Waals surface area contributed by atoms with E-state index in [9.17, 15) is 24.0 Å². The van der Waals surface area contributed by atoms with Crippen LogP contribution in [-0.2, 0) is 39.0 Å². The number of piperazine rings is 1. The molecule has 16 nitrogen and oxygen atoms in total. The molecule has 1 atom stereocenters. The number of nitrogens with one attached hydrogen (secondary N) is 1. The molecule has 0 radical (unpaired) electrons. The Morgan fingerprint density at radius 3 is 2.33 bits per heavy atom. The van der Waals surface area contributed by atoms with Crippen molar-refractivity contribution < 1.29 is 33.1 Å². The maximum Gasteiger partial charge on any atom is 0.419 e. The number of anilines is 1.